The molecule has 3 atom stereocenters. The fourth-order valence-electron chi connectivity index (χ4n) is 1.96. The first-order chi connectivity index (χ1) is 7.49. The van der Waals surface area contributed by atoms with E-state index in [0.717, 1.165) is 16.7 Å². The van der Waals surface area contributed by atoms with Gasteiger partial charge in [0.1, 0.15) is 11.1 Å². The van der Waals surface area contributed by atoms with Crippen LogP contribution in [0.5, 0.6) is 0 Å². The topological polar surface area (TPSA) is 98.1 Å². The summed E-state index contributed by atoms with van der Waals surface area (Å²) in [7, 11) is 0. The zero-order valence-corrected chi connectivity index (χ0v) is 9.27. The van der Waals surface area contributed by atoms with Crippen molar-refractivity contribution in [1.29, 1.82) is 0 Å². The Bertz CT molecular complexity index is 391. The van der Waals surface area contributed by atoms with E-state index in [2.05, 4.69) is 0 Å². The van der Waals surface area contributed by atoms with E-state index in [0.29, 0.717) is 0 Å². The van der Waals surface area contributed by atoms with Gasteiger partial charge in [0.25, 0.3) is 0 Å². The van der Waals surface area contributed by atoms with Gasteiger partial charge in [-0.15, -0.1) is 0 Å². The average Bonchev–Trinajstić information content (AvgIpc) is 2.51. The Morgan fingerprint density at radius 2 is 2.25 bits per heavy atom. The number of carbonyl (C=O) groups is 2. The largest absolute Gasteiger partial charge is 0.477 e. The zero-order valence-electron chi connectivity index (χ0n) is 8.45. The summed E-state index contributed by atoms with van der Waals surface area (Å²) in [5.41, 5.74) is -0.153. The maximum absolute atomic E-state index is 11.6. The van der Waals surface area contributed by atoms with Gasteiger partial charge in [0.05, 0.1) is 18.6 Å². The van der Waals surface area contributed by atoms with E-state index in [1.165, 1.54) is 6.92 Å². The third-order valence-corrected chi connectivity index (χ3v) is 4.07. The SMILES string of the molecule is C[C@@H](O)[C@H]1C(=O)N2C(C(=O)O)=C(CO)S[C@H]12. The summed E-state index contributed by atoms with van der Waals surface area (Å²) >= 11 is 1.13. The molecule has 1 fully saturated rings. The van der Waals surface area contributed by atoms with E-state index in [4.69, 9.17) is 10.2 Å². The molecule has 0 unspecified atom stereocenters. The number of aliphatic carboxylic acids is 1. The lowest BCUT2D eigenvalue weighted by Crippen LogP contribution is -2.60. The summed E-state index contributed by atoms with van der Waals surface area (Å²) in [5, 5.41) is 27.0. The maximum atomic E-state index is 11.6. The van der Waals surface area contributed by atoms with Gasteiger partial charge in [0.2, 0.25) is 5.91 Å². The molecule has 2 heterocycles. The molecular formula is C9H11NO5S. The second-order valence-electron chi connectivity index (χ2n) is 3.72. The van der Waals surface area contributed by atoms with Crippen LogP contribution in [0.3, 0.4) is 0 Å². The van der Waals surface area contributed by atoms with Gasteiger partial charge in [-0.05, 0) is 6.92 Å². The maximum Gasteiger partial charge on any atom is 0.353 e. The van der Waals surface area contributed by atoms with Crippen molar-refractivity contribution < 1.29 is 24.9 Å². The summed E-state index contributed by atoms with van der Waals surface area (Å²) < 4.78 is 0. The highest BCUT2D eigenvalue weighted by atomic mass is 32.2. The number of amides is 1. The molecule has 1 amide bonds. The molecule has 0 aromatic rings. The molecule has 0 aromatic carbocycles. The van der Waals surface area contributed by atoms with Gasteiger partial charge in [-0.25, -0.2) is 4.79 Å². The van der Waals surface area contributed by atoms with E-state index in [-0.39, 0.29) is 16.0 Å². The molecule has 0 radical (unpaired) electrons. The number of aliphatic hydroxyl groups is 2. The first-order valence-electron chi connectivity index (χ1n) is 4.74. The van der Waals surface area contributed by atoms with Gasteiger partial charge in [-0.1, -0.05) is 11.8 Å². The quantitative estimate of drug-likeness (QED) is 0.562. The molecular weight excluding hydrogens is 234 g/mol. The number of rotatable bonds is 3. The number of nitrogens with zero attached hydrogens (tertiary/aromatic N) is 1. The zero-order chi connectivity index (χ0) is 12.0. The summed E-state index contributed by atoms with van der Waals surface area (Å²) in [6.07, 6.45) is -0.811. The van der Waals surface area contributed by atoms with Crippen LogP contribution in [0.2, 0.25) is 0 Å². The molecule has 0 aromatic heterocycles. The Morgan fingerprint density at radius 3 is 2.69 bits per heavy atom. The molecule has 2 aliphatic heterocycles. The predicted molar refractivity (Wildman–Crippen MR) is 55.1 cm³/mol. The first-order valence-corrected chi connectivity index (χ1v) is 5.62. The van der Waals surface area contributed by atoms with Crippen molar-refractivity contribution in [3.63, 3.8) is 0 Å². The Kier molecular flexibility index (Phi) is 2.69. The lowest BCUT2D eigenvalue weighted by molar-refractivity contribution is -0.156. The normalized spacial score (nSPS) is 30.2. The number of carboxylic acids is 1. The molecule has 1 saturated heterocycles. The molecule has 3 N–H and O–H groups in total. The number of carboxylic acid groups (broad SMARTS) is 1. The summed E-state index contributed by atoms with van der Waals surface area (Å²) in [4.78, 5) is 24.0. The van der Waals surface area contributed by atoms with E-state index in [1.54, 1.807) is 0 Å². The van der Waals surface area contributed by atoms with E-state index >= 15 is 0 Å². The molecule has 2 rings (SSSR count). The van der Waals surface area contributed by atoms with Crippen molar-refractivity contribution in [2.45, 2.75) is 18.4 Å². The average molecular weight is 245 g/mol. The van der Waals surface area contributed by atoms with Crippen LogP contribution in [0.1, 0.15) is 6.92 Å². The highest BCUT2D eigenvalue weighted by molar-refractivity contribution is 8.04. The smallest absolute Gasteiger partial charge is 0.353 e. The number of thioether (sulfide) groups is 1. The molecule has 88 valence electrons. The van der Waals surface area contributed by atoms with Crippen molar-refractivity contribution in [3.8, 4) is 0 Å². The first kappa shape index (κ1) is 11.4. The van der Waals surface area contributed by atoms with Gasteiger partial charge in [0.15, 0.2) is 0 Å². The van der Waals surface area contributed by atoms with Crippen LogP contribution < -0.4 is 0 Å². The van der Waals surface area contributed by atoms with Crippen molar-refractivity contribution in [2.24, 2.45) is 5.92 Å². The van der Waals surface area contributed by atoms with Crippen molar-refractivity contribution >= 4 is 23.6 Å². The van der Waals surface area contributed by atoms with Crippen LogP contribution in [-0.4, -0.2) is 50.2 Å². The highest BCUT2D eigenvalue weighted by Gasteiger charge is 2.57. The minimum Gasteiger partial charge on any atom is -0.477 e. The molecule has 0 saturated carbocycles. The Balaban J connectivity index is 2.29. The third-order valence-electron chi connectivity index (χ3n) is 2.72. The van der Waals surface area contributed by atoms with Crippen LogP contribution in [0.25, 0.3) is 0 Å². The monoisotopic (exact) mass is 245 g/mol. The van der Waals surface area contributed by atoms with Crippen LogP contribution in [0.4, 0.5) is 0 Å². The van der Waals surface area contributed by atoms with E-state index in [9.17, 15) is 14.7 Å². The predicted octanol–water partition coefficient (Wildman–Crippen LogP) is -0.813. The molecule has 16 heavy (non-hydrogen) atoms. The van der Waals surface area contributed by atoms with Crippen molar-refractivity contribution in [2.75, 3.05) is 6.61 Å². The lowest BCUT2D eigenvalue weighted by atomic mass is 9.92. The van der Waals surface area contributed by atoms with Crippen LogP contribution in [0, 0.1) is 5.92 Å². The number of hydrogen-bond acceptors (Lipinski definition) is 5. The Hall–Kier alpha value is -1.05. The van der Waals surface area contributed by atoms with Crippen LogP contribution in [-0.2, 0) is 9.59 Å². The molecule has 6 nitrogen and oxygen atoms in total. The fourth-order valence-corrected chi connectivity index (χ4v) is 3.43. The van der Waals surface area contributed by atoms with Crippen LogP contribution in [0.15, 0.2) is 10.6 Å². The van der Waals surface area contributed by atoms with Crippen molar-refractivity contribution in [3.05, 3.63) is 10.6 Å². The third kappa shape index (κ3) is 1.35. The second kappa shape index (κ2) is 3.76. The summed E-state index contributed by atoms with van der Waals surface area (Å²) in [5.74, 6) is -2.20. The lowest BCUT2D eigenvalue weighted by Gasteiger charge is -2.43. The number of aliphatic hydroxyl groups excluding tert-OH is 2. The molecule has 2 aliphatic rings. The van der Waals surface area contributed by atoms with Gasteiger partial charge >= 0.3 is 5.97 Å². The highest BCUT2D eigenvalue weighted by Crippen LogP contribution is 2.49. The number of β-lactam (4-membered cyclic amide) rings is 1. The molecule has 7 heteroatoms. The fraction of sp³-hybridized carbons (Fsp3) is 0.556. The standard InChI is InChI=1S/C9H11NO5S/c1-3(12)5-7(13)10-6(9(14)15)4(2-11)16-8(5)10/h3,5,8,11-12H,2H2,1H3,(H,14,15)/t3-,5+,8-/m1/s1. The Labute approximate surface area is 95.5 Å². The van der Waals surface area contributed by atoms with Gasteiger partial charge < -0.3 is 15.3 Å². The number of carbonyl (C=O) groups excluding carboxylic acids is 1. The number of fused-ring (bicyclic) bond motifs is 1. The van der Waals surface area contributed by atoms with Crippen molar-refractivity contribution in [1.82, 2.24) is 4.90 Å². The minimum atomic E-state index is -1.23. The minimum absolute atomic E-state index is 0.153. The molecule has 0 aliphatic carbocycles. The van der Waals surface area contributed by atoms with E-state index < -0.39 is 30.5 Å². The van der Waals surface area contributed by atoms with Gasteiger partial charge in [0, 0.05) is 4.91 Å². The van der Waals surface area contributed by atoms with Gasteiger partial charge in [-0.3, -0.25) is 9.69 Å². The van der Waals surface area contributed by atoms with Crippen LogP contribution >= 0.6 is 11.8 Å². The second-order valence-corrected chi connectivity index (χ2v) is 4.93. The summed E-state index contributed by atoms with van der Waals surface area (Å²) in [6, 6.07) is 0. The Morgan fingerprint density at radius 1 is 1.62 bits per heavy atom. The summed E-state index contributed by atoms with van der Waals surface area (Å²) in [6.45, 7) is 1.09. The van der Waals surface area contributed by atoms with E-state index in [1.807, 2.05) is 0 Å². The molecule has 0 spiro atoms. The molecule has 0 bridgehead atoms. The number of hydrogen-bond donors (Lipinski definition) is 3. The van der Waals surface area contributed by atoms with Gasteiger partial charge in [-0.2, -0.15) is 0 Å².